The molecule has 1 rings (SSSR count). The lowest BCUT2D eigenvalue weighted by molar-refractivity contribution is -0.148. The zero-order valence-electron chi connectivity index (χ0n) is 12.7. The van der Waals surface area contributed by atoms with Crippen LogP contribution in [0.5, 0.6) is 0 Å². The maximum absolute atomic E-state index is 11.8. The lowest BCUT2D eigenvalue weighted by Gasteiger charge is -2.18. The molecule has 22 heavy (non-hydrogen) atoms. The standard InChI is InChI=1S/C14H20N2O5S/c1-4-22(20,21)16-11-7-5-10(6-8-11)15-12(17)9-14(2,3)13(18)19/h5-8,16H,4,9H2,1-3H3,(H,15,17)(H,18,19). The smallest absolute Gasteiger partial charge is 0.309 e. The van der Waals surface area contributed by atoms with Gasteiger partial charge in [-0.15, -0.1) is 0 Å². The number of hydrogen-bond acceptors (Lipinski definition) is 4. The number of amides is 1. The van der Waals surface area contributed by atoms with Crippen LogP contribution in [-0.2, 0) is 19.6 Å². The van der Waals surface area contributed by atoms with E-state index in [0.717, 1.165) is 0 Å². The summed E-state index contributed by atoms with van der Waals surface area (Å²) >= 11 is 0. The lowest BCUT2D eigenvalue weighted by Crippen LogP contribution is -2.29. The molecule has 0 aliphatic rings. The molecule has 0 aromatic heterocycles. The molecule has 7 nitrogen and oxygen atoms in total. The Hall–Kier alpha value is -2.09. The van der Waals surface area contributed by atoms with Gasteiger partial charge in [-0.25, -0.2) is 8.42 Å². The van der Waals surface area contributed by atoms with Gasteiger partial charge in [0.25, 0.3) is 0 Å². The summed E-state index contributed by atoms with van der Waals surface area (Å²) in [6.07, 6.45) is -0.160. The van der Waals surface area contributed by atoms with Crippen LogP contribution in [0.3, 0.4) is 0 Å². The summed E-state index contributed by atoms with van der Waals surface area (Å²) in [5.74, 6) is -1.50. The van der Waals surface area contributed by atoms with E-state index in [1.807, 2.05) is 0 Å². The average Bonchev–Trinajstić information content (AvgIpc) is 2.40. The van der Waals surface area contributed by atoms with E-state index in [0.29, 0.717) is 11.4 Å². The number of carboxylic acid groups (broad SMARTS) is 1. The summed E-state index contributed by atoms with van der Waals surface area (Å²) in [5.41, 5.74) is -0.294. The van der Waals surface area contributed by atoms with Crippen molar-refractivity contribution in [2.75, 3.05) is 15.8 Å². The van der Waals surface area contributed by atoms with E-state index in [9.17, 15) is 18.0 Å². The molecule has 1 aromatic rings. The van der Waals surface area contributed by atoms with Gasteiger partial charge in [-0.3, -0.25) is 14.3 Å². The fourth-order valence-corrected chi connectivity index (χ4v) is 2.20. The molecule has 0 aliphatic carbocycles. The first-order valence-corrected chi connectivity index (χ1v) is 8.35. The van der Waals surface area contributed by atoms with Crippen molar-refractivity contribution in [1.29, 1.82) is 0 Å². The topological polar surface area (TPSA) is 113 Å². The van der Waals surface area contributed by atoms with E-state index in [1.165, 1.54) is 32.9 Å². The molecule has 0 unspecified atom stereocenters. The normalized spacial score (nSPS) is 11.8. The van der Waals surface area contributed by atoms with E-state index >= 15 is 0 Å². The molecule has 0 radical (unpaired) electrons. The number of carbonyl (C=O) groups is 2. The number of carboxylic acids is 1. The maximum atomic E-state index is 11.8. The third-order valence-corrected chi connectivity index (χ3v) is 4.31. The second-order valence-electron chi connectivity index (χ2n) is 5.50. The second-order valence-corrected chi connectivity index (χ2v) is 7.51. The Balaban J connectivity index is 2.69. The van der Waals surface area contributed by atoms with E-state index in [2.05, 4.69) is 10.0 Å². The monoisotopic (exact) mass is 328 g/mol. The molecule has 0 heterocycles. The highest BCUT2D eigenvalue weighted by atomic mass is 32.2. The highest BCUT2D eigenvalue weighted by Crippen LogP contribution is 2.22. The molecule has 0 saturated heterocycles. The van der Waals surface area contributed by atoms with E-state index in [-0.39, 0.29) is 12.2 Å². The van der Waals surface area contributed by atoms with Crippen molar-refractivity contribution in [2.24, 2.45) is 5.41 Å². The van der Waals surface area contributed by atoms with E-state index in [4.69, 9.17) is 5.11 Å². The molecule has 0 atom stereocenters. The van der Waals surface area contributed by atoms with Gasteiger partial charge >= 0.3 is 5.97 Å². The first kappa shape index (κ1) is 18.0. The van der Waals surface area contributed by atoms with Gasteiger partial charge in [-0.2, -0.15) is 0 Å². The zero-order valence-corrected chi connectivity index (χ0v) is 13.5. The van der Waals surface area contributed by atoms with Crippen molar-refractivity contribution in [3.63, 3.8) is 0 Å². The van der Waals surface area contributed by atoms with Crippen LogP contribution in [0.4, 0.5) is 11.4 Å². The summed E-state index contributed by atoms with van der Waals surface area (Å²) in [5, 5.41) is 11.6. The summed E-state index contributed by atoms with van der Waals surface area (Å²) in [6, 6.07) is 6.12. The largest absolute Gasteiger partial charge is 0.481 e. The van der Waals surface area contributed by atoms with Gasteiger partial charge in [-0.1, -0.05) is 0 Å². The molecule has 122 valence electrons. The maximum Gasteiger partial charge on any atom is 0.309 e. The zero-order chi connectivity index (χ0) is 17.0. The molecule has 1 amide bonds. The molecule has 0 fully saturated rings. The molecular formula is C14H20N2O5S. The number of carbonyl (C=O) groups excluding carboxylic acids is 1. The number of nitrogens with one attached hydrogen (secondary N) is 2. The van der Waals surface area contributed by atoms with E-state index in [1.54, 1.807) is 12.1 Å². The summed E-state index contributed by atoms with van der Waals surface area (Å²) in [6.45, 7) is 4.47. The van der Waals surface area contributed by atoms with Crippen LogP contribution in [-0.4, -0.2) is 31.2 Å². The molecule has 0 spiro atoms. The number of benzene rings is 1. The van der Waals surface area contributed by atoms with Crippen molar-refractivity contribution in [1.82, 2.24) is 0 Å². The Morgan fingerprint density at radius 1 is 1.14 bits per heavy atom. The van der Waals surface area contributed by atoms with Crippen LogP contribution in [0.2, 0.25) is 0 Å². The number of aliphatic carboxylic acids is 1. The lowest BCUT2D eigenvalue weighted by atomic mass is 9.89. The van der Waals surface area contributed by atoms with Crippen molar-refractivity contribution in [3.8, 4) is 0 Å². The minimum atomic E-state index is -3.34. The molecule has 1 aromatic carbocycles. The number of rotatable bonds is 7. The fraction of sp³-hybridized carbons (Fsp3) is 0.429. The Morgan fingerprint density at radius 3 is 2.09 bits per heavy atom. The van der Waals surface area contributed by atoms with Crippen molar-refractivity contribution in [2.45, 2.75) is 27.2 Å². The van der Waals surface area contributed by atoms with Crippen molar-refractivity contribution in [3.05, 3.63) is 24.3 Å². The Labute approximate surface area is 129 Å². The SMILES string of the molecule is CCS(=O)(=O)Nc1ccc(NC(=O)CC(C)(C)C(=O)O)cc1. The number of anilines is 2. The first-order chi connectivity index (χ1) is 10.1. The molecule has 0 aliphatic heterocycles. The molecule has 3 N–H and O–H groups in total. The van der Waals surface area contributed by atoms with Gasteiger partial charge in [0, 0.05) is 17.8 Å². The summed E-state index contributed by atoms with van der Waals surface area (Å²) < 4.78 is 25.2. The molecule has 0 saturated carbocycles. The first-order valence-electron chi connectivity index (χ1n) is 6.69. The number of sulfonamides is 1. The quantitative estimate of drug-likeness (QED) is 0.707. The summed E-state index contributed by atoms with van der Waals surface area (Å²) in [7, 11) is -3.34. The predicted octanol–water partition coefficient (Wildman–Crippen LogP) is 1.89. The van der Waals surface area contributed by atoms with Gasteiger partial charge in [0.05, 0.1) is 11.2 Å². The third-order valence-electron chi connectivity index (χ3n) is 3.00. The summed E-state index contributed by atoms with van der Waals surface area (Å²) in [4.78, 5) is 22.8. The van der Waals surface area contributed by atoms with Crippen molar-refractivity contribution >= 4 is 33.3 Å². The van der Waals surface area contributed by atoms with E-state index < -0.39 is 27.3 Å². The van der Waals surface area contributed by atoms with Crippen LogP contribution < -0.4 is 10.0 Å². The minimum Gasteiger partial charge on any atom is -0.481 e. The van der Waals surface area contributed by atoms with Gasteiger partial charge in [0.2, 0.25) is 15.9 Å². The van der Waals surface area contributed by atoms with Crippen LogP contribution in [0.25, 0.3) is 0 Å². The van der Waals surface area contributed by atoms with Crippen molar-refractivity contribution < 1.29 is 23.1 Å². The molecule has 0 bridgehead atoms. The van der Waals surface area contributed by atoms with Crippen LogP contribution in [0.15, 0.2) is 24.3 Å². The van der Waals surface area contributed by atoms with Crippen LogP contribution >= 0.6 is 0 Å². The van der Waals surface area contributed by atoms with Gasteiger partial charge < -0.3 is 10.4 Å². The third kappa shape index (κ3) is 5.36. The second kappa shape index (κ2) is 6.78. The predicted molar refractivity (Wildman–Crippen MR) is 84.2 cm³/mol. The Morgan fingerprint density at radius 2 is 1.64 bits per heavy atom. The highest BCUT2D eigenvalue weighted by Gasteiger charge is 2.30. The fourth-order valence-electron chi connectivity index (χ4n) is 1.56. The minimum absolute atomic E-state index is 0.0320. The van der Waals surface area contributed by atoms with Crippen LogP contribution in [0.1, 0.15) is 27.2 Å². The Bertz CT molecular complexity index is 650. The molecule has 8 heteroatoms. The number of hydrogen-bond donors (Lipinski definition) is 3. The highest BCUT2D eigenvalue weighted by molar-refractivity contribution is 7.92. The molecular weight excluding hydrogens is 308 g/mol. The average molecular weight is 328 g/mol. The van der Waals surface area contributed by atoms with Gasteiger partial charge in [0.15, 0.2) is 0 Å². The van der Waals surface area contributed by atoms with Crippen LogP contribution in [0, 0.1) is 5.41 Å². The van der Waals surface area contributed by atoms with Gasteiger partial charge in [-0.05, 0) is 45.0 Å². The Kier molecular flexibility index (Phi) is 5.54. The van der Waals surface area contributed by atoms with Gasteiger partial charge in [0.1, 0.15) is 0 Å².